The van der Waals surface area contributed by atoms with Crippen LogP contribution in [0.4, 0.5) is 0 Å². The van der Waals surface area contributed by atoms with E-state index in [1.807, 2.05) is 0 Å². The molecule has 2 bridgehead atoms. The van der Waals surface area contributed by atoms with Gasteiger partial charge in [-0.15, -0.1) is 0 Å². The molecule has 70 valence electrons. The summed E-state index contributed by atoms with van der Waals surface area (Å²) in [4.78, 5) is 2.47. The maximum atomic E-state index is 6.21. The lowest BCUT2D eigenvalue weighted by Gasteiger charge is -2.40. The predicted octanol–water partition coefficient (Wildman–Crippen LogP) is 0.117. The van der Waals surface area contributed by atoms with Gasteiger partial charge in [0.2, 0.25) is 0 Å². The van der Waals surface area contributed by atoms with Crippen molar-refractivity contribution < 1.29 is 0 Å². The van der Waals surface area contributed by atoms with E-state index in [0.717, 1.165) is 19.5 Å². The molecule has 3 unspecified atom stereocenters. The van der Waals surface area contributed by atoms with Gasteiger partial charge in [-0.1, -0.05) is 6.92 Å². The van der Waals surface area contributed by atoms with Crippen LogP contribution >= 0.6 is 0 Å². The second-order valence-electron chi connectivity index (χ2n) is 4.36. The number of nitrogens with two attached hydrogens (primary N) is 1. The van der Waals surface area contributed by atoms with E-state index in [2.05, 4.69) is 24.1 Å². The van der Waals surface area contributed by atoms with E-state index in [1.54, 1.807) is 0 Å². The summed E-state index contributed by atoms with van der Waals surface area (Å²) in [6.45, 7) is 6.59. The van der Waals surface area contributed by atoms with Crippen molar-refractivity contribution in [1.29, 1.82) is 0 Å². The Morgan fingerprint density at radius 3 is 2.83 bits per heavy atom. The molecule has 0 amide bonds. The Bertz CT molecular complexity index is 179. The smallest absolute Gasteiger partial charge is 0.0658 e. The van der Waals surface area contributed by atoms with Crippen LogP contribution in [0.15, 0.2) is 0 Å². The van der Waals surface area contributed by atoms with Crippen molar-refractivity contribution in [2.75, 3.05) is 13.1 Å². The fraction of sp³-hybridized carbons (Fsp3) is 1.00. The van der Waals surface area contributed by atoms with Crippen LogP contribution in [0.3, 0.4) is 0 Å². The first-order valence-corrected chi connectivity index (χ1v) is 4.92. The van der Waals surface area contributed by atoms with E-state index >= 15 is 0 Å². The molecule has 3 atom stereocenters. The third-order valence-corrected chi connectivity index (χ3v) is 3.43. The molecule has 2 rings (SSSR count). The van der Waals surface area contributed by atoms with Crippen LogP contribution in [0, 0.1) is 0 Å². The molecule has 2 fully saturated rings. The quantitative estimate of drug-likeness (QED) is 0.617. The molecule has 3 heteroatoms. The van der Waals surface area contributed by atoms with Gasteiger partial charge in [0.1, 0.15) is 0 Å². The minimum absolute atomic E-state index is 0.0818. The highest BCUT2D eigenvalue weighted by molar-refractivity contribution is 5.01. The summed E-state index contributed by atoms with van der Waals surface area (Å²) in [5.74, 6) is 0. The third kappa shape index (κ3) is 1.16. The highest BCUT2D eigenvalue weighted by Crippen LogP contribution is 2.29. The van der Waals surface area contributed by atoms with Crippen LogP contribution in [0.5, 0.6) is 0 Å². The highest BCUT2D eigenvalue weighted by atomic mass is 15.4. The van der Waals surface area contributed by atoms with Crippen LogP contribution < -0.4 is 11.1 Å². The molecular weight excluding hydrogens is 150 g/mol. The van der Waals surface area contributed by atoms with E-state index in [4.69, 9.17) is 5.73 Å². The Morgan fingerprint density at radius 1 is 1.67 bits per heavy atom. The fourth-order valence-corrected chi connectivity index (χ4v) is 2.39. The van der Waals surface area contributed by atoms with E-state index in [9.17, 15) is 0 Å². The zero-order valence-corrected chi connectivity index (χ0v) is 8.01. The molecule has 0 aliphatic carbocycles. The van der Waals surface area contributed by atoms with Crippen molar-refractivity contribution in [3.05, 3.63) is 0 Å². The molecule has 0 aromatic rings. The molecule has 0 radical (unpaired) electrons. The normalized spacial score (nSPS) is 40.2. The van der Waals surface area contributed by atoms with Crippen LogP contribution in [0.2, 0.25) is 0 Å². The highest BCUT2D eigenvalue weighted by Gasteiger charge is 2.43. The van der Waals surface area contributed by atoms with E-state index in [0.29, 0.717) is 12.1 Å². The van der Waals surface area contributed by atoms with Crippen molar-refractivity contribution in [2.24, 2.45) is 5.73 Å². The summed E-state index contributed by atoms with van der Waals surface area (Å²) in [6.07, 6.45) is 2.34. The maximum Gasteiger partial charge on any atom is 0.0658 e. The number of nitrogens with one attached hydrogen (secondary N) is 1. The Balaban J connectivity index is 2.06. The van der Waals surface area contributed by atoms with Crippen molar-refractivity contribution in [1.82, 2.24) is 10.2 Å². The molecule has 0 aromatic heterocycles. The maximum absolute atomic E-state index is 6.21. The number of hydrogen-bond donors (Lipinski definition) is 2. The molecule has 2 aliphatic rings. The van der Waals surface area contributed by atoms with Gasteiger partial charge in [-0.2, -0.15) is 0 Å². The molecule has 2 aliphatic heterocycles. The van der Waals surface area contributed by atoms with Crippen molar-refractivity contribution in [3.8, 4) is 0 Å². The predicted molar refractivity (Wildman–Crippen MR) is 49.8 cm³/mol. The standard InChI is InChI=1S/C9H19N3/c1-3-9(2,10)12-6-7-4-8(12)5-11-7/h7-8,11H,3-6,10H2,1-2H3. The summed E-state index contributed by atoms with van der Waals surface area (Å²) in [5, 5.41) is 3.48. The first kappa shape index (κ1) is 8.48. The zero-order valence-electron chi connectivity index (χ0n) is 8.01. The van der Waals surface area contributed by atoms with E-state index in [-0.39, 0.29) is 5.66 Å². The van der Waals surface area contributed by atoms with Gasteiger partial charge in [0, 0.05) is 25.2 Å². The van der Waals surface area contributed by atoms with Crippen LogP contribution in [-0.4, -0.2) is 35.7 Å². The van der Waals surface area contributed by atoms with E-state index in [1.165, 1.54) is 6.42 Å². The van der Waals surface area contributed by atoms with Gasteiger partial charge < -0.3 is 11.1 Å². The third-order valence-electron chi connectivity index (χ3n) is 3.43. The summed E-state index contributed by atoms with van der Waals surface area (Å²) >= 11 is 0. The Labute approximate surface area is 74.3 Å². The lowest BCUT2D eigenvalue weighted by Crippen LogP contribution is -2.59. The van der Waals surface area contributed by atoms with Crippen molar-refractivity contribution in [3.63, 3.8) is 0 Å². The van der Waals surface area contributed by atoms with Gasteiger partial charge in [-0.05, 0) is 19.8 Å². The summed E-state index contributed by atoms with van der Waals surface area (Å²) in [5.41, 5.74) is 6.12. The summed E-state index contributed by atoms with van der Waals surface area (Å²) in [6, 6.07) is 1.41. The summed E-state index contributed by atoms with van der Waals surface area (Å²) < 4.78 is 0. The number of piperazine rings is 1. The average molecular weight is 169 g/mol. The minimum Gasteiger partial charge on any atom is -0.313 e. The molecule has 0 saturated carbocycles. The minimum atomic E-state index is -0.0818. The number of fused-ring (bicyclic) bond motifs is 2. The fourth-order valence-electron chi connectivity index (χ4n) is 2.39. The molecule has 12 heavy (non-hydrogen) atoms. The molecule has 0 aromatic carbocycles. The Morgan fingerprint density at radius 2 is 2.42 bits per heavy atom. The lowest BCUT2D eigenvalue weighted by molar-refractivity contribution is 0.0772. The monoisotopic (exact) mass is 169 g/mol. The van der Waals surface area contributed by atoms with Gasteiger partial charge in [-0.25, -0.2) is 0 Å². The second-order valence-corrected chi connectivity index (χ2v) is 4.36. The van der Waals surface area contributed by atoms with Crippen LogP contribution in [0.25, 0.3) is 0 Å². The van der Waals surface area contributed by atoms with Crippen LogP contribution in [-0.2, 0) is 0 Å². The number of rotatable bonds is 2. The molecule has 0 spiro atoms. The van der Waals surface area contributed by atoms with Crippen LogP contribution in [0.1, 0.15) is 26.7 Å². The lowest BCUT2D eigenvalue weighted by atomic mass is 10.1. The van der Waals surface area contributed by atoms with Crippen molar-refractivity contribution >= 4 is 0 Å². The van der Waals surface area contributed by atoms with Gasteiger partial charge in [0.15, 0.2) is 0 Å². The molecule has 3 N–H and O–H groups in total. The topological polar surface area (TPSA) is 41.3 Å². The number of hydrogen-bond acceptors (Lipinski definition) is 3. The molecule has 3 nitrogen and oxygen atoms in total. The second kappa shape index (κ2) is 2.69. The largest absolute Gasteiger partial charge is 0.313 e. The van der Waals surface area contributed by atoms with Crippen molar-refractivity contribution in [2.45, 2.75) is 44.4 Å². The number of nitrogens with zero attached hydrogens (tertiary/aromatic N) is 1. The zero-order chi connectivity index (χ0) is 8.77. The molecule has 2 saturated heterocycles. The van der Waals surface area contributed by atoms with Gasteiger partial charge >= 0.3 is 0 Å². The number of likely N-dealkylation sites (tertiary alicyclic amines) is 1. The van der Waals surface area contributed by atoms with Gasteiger partial charge in [0.05, 0.1) is 5.66 Å². The summed E-state index contributed by atoms with van der Waals surface area (Å²) in [7, 11) is 0. The Hall–Kier alpha value is -0.120. The molecule has 2 heterocycles. The average Bonchev–Trinajstić information content (AvgIpc) is 2.64. The molecular formula is C9H19N3. The van der Waals surface area contributed by atoms with Gasteiger partial charge in [0.25, 0.3) is 0 Å². The first-order chi connectivity index (χ1) is 5.63. The SMILES string of the molecule is CCC(C)(N)N1CC2CC1CN2. The van der Waals surface area contributed by atoms with Gasteiger partial charge in [-0.3, -0.25) is 4.90 Å². The van der Waals surface area contributed by atoms with E-state index < -0.39 is 0 Å². The Kier molecular flexibility index (Phi) is 1.90. The first-order valence-electron chi connectivity index (χ1n) is 4.92.